The highest BCUT2D eigenvalue weighted by atomic mass is 16.2. The summed E-state index contributed by atoms with van der Waals surface area (Å²) in [6, 6.07) is 11.1. The van der Waals surface area contributed by atoms with Gasteiger partial charge in [0.15, 0.2) is 0 Å². The van der Waals surface area contributed by atoms with Crippen molar-refractivity contribution in [2.24, 2.45) is 5.92 Å². The van der Waals surface area contributed by atoms with Gasteiger partial charge in [0.1, 0.15) is 0 Å². The van der Waals surface area contributed by atoms with Gasteiger partial charge in [-0.1, -0.05) is 17.7 Å². The van der Waals surface area contributed by atoms with Gasteiger partial charge in [0, 0.05) is 69.1 Å². The molecule has 0 saturated carbocycles. The number of benzene rings is 1. The molecule has 0 spiro atoms. The maximum absolute atomic E-state index is 12.8. The van der Waals surface area contributed by atoms with Crippen molar-refractivity contribution in [3.05, 3.63) is 58.0 Å². The minimum atomic E-state index is -0.309. The Morgan fingerprint density at radius 1 is 0.941 bits per heavy atom. The molecule has 2 fully saturated rings. The van der Waals surface area contributed by atoms with Gasteiger partial charge in [0.05, 0.1) is 5.69 Å². The van der Waals surface area contributed by atoms with Gasteiger partial charge in [-0.2, -0.15) is 0 Å². The van der Waals surface area contributed by atoms with E-state index in [1.807, 2.05) is 40.7 Å². The number of hydrogen-bond donors (Lipinski definition) is 2. The lowest BCUT2D eigenvalue weighted by Crippen LogP contribution is -2.53. The zero-order valence-corrected chi connectivity index (χ0v) is 19.9. The molecule has 3 amide bonds. The summed E-state index contributed by atoms with van der Waals surface area (Å²) >= 11 is 0. The lowest BCUT2D eigenvalue weighted by atomic mass is 9.81. The van der Waals surface area contributed by atoms with Crippen molar-refractivity contribution in [1.29, 1.82) is 0 Å². The van der Waals surface area contributed by atoms with Crippen LogP contribution in [0.25, 0.3) is 0 Å². The normalized spacial score (nSPS) is 22.7. The number of carbonyl (C=O) groups excluding carboxylic acids is 2. The number of aryl methyl sites for hydroxylation is 1. The van der Waals surface area contributed by atoms with Crippen LogP contribution in [0.2, 0.25) is 0 Å². The number of pyridine rings is 1. The molecule has 1 aromatic heterocycles. The first-order valence-electron chi connectivity index (χ1n) is 12.3. The summed E-state index contributed by atoms with van der Waals surface area (Å²) in [7, 11) is 0. The molecule has 2 unspecified atom stereocenters. The molecule has 34 heavy (non-hydrogen) atoms. The molecule has 3 aliphatic rings. The summed E-state index contributed by atoms with van der Waals surface area (Å²) < 4.78 is 1.87. The number of amides is 3. The van der Waals surface area contributed by atoms with Gasteiger partial charge in [0.25, 0.3) is 5.56 Å². The number of nitrogens with zero attached hydrogens (tertiary/aromatic N) is 3. The fraction of sp³-hybridized carbons (Fsp3) is 0.500. The van der Waals surface area contributed by atoms with Crippen LogP contribution in [0.5, 0.6) is 0 Å². The highest BCUT2D eigenvalue weighted by Crippen LogP contribution is 2.40. The fourth-order valence-corrected chi connectivity index (χ4v) is 5.92. The van der Waals surface area contributed by atoms with Gasteiger partial charge in [-0.15, -0.1) is 0 Å². The molecule has 8 nitrogen and oxygen atoms in total. The molecule has 8 heteroatoms. The van der Waals surface area contributed by atoms with Crippen molar-refractivity contribution in [3.63, 3.8) is 0 Å². The molecule has 4 heterocycles. The van der Waals surface area contributed by atoms with Crippen LogP contribution < -0.4 is 16.2 Å². The van der Waals surface area contributed by atoms with E-state index in [2.05, 4.69) is 15.5 Å². The third-order valence-corrected chi connectivity index (χ3v) is 7.60. The molecular formula is C26H33N5O3. The Morgan fingerprint density at radius 2 is 1.68 bits per heavy atom. The third kappa shape index (κ3) is 4.59. The smallest absolute Gasteiger partial charge is 0.323 e. The first kappa shape index (κ1) is 22.7. The minimum absolute atomic E-state index is 0.00240. The van der Waals surface area contributed by atoms with Crippen LogP contribution in [0.4, 0.5) is 16.2 Å². The van der Waals surface area contributed by atoms with Crippen molar-refractivity contribution in [1.82, 2.24) is 14.4 Å². The molecule has 180 valence electrons. The van der Waals surface area contributed by atoms with E-state index in [0.29, 0.717) is 24.2 Å². The molecule has 2 N–H and O–H groups in total. The number of piperidine rings is 2. The van der Waals surface area contributed by atoms with E-state index in [1.54, 1.807) is 19.1 Å². The molecule has 5 rings (SSSR count). The number of anilines is 2. The Morgan fingerprint density at radius 3 is 2.38 bits per heavy atom. The van der Waals surface area contributed by atoms with Gasteiger partial charge in [-0.25, -0.2) is 4.79 Å². The van der Waals surface area contributed by atoms with Crippen LogP contribution in [0.1, 0.15) is 43.4 Å². The van der Waals surface area contributed by atoms with Gasteiger partial charge in [-0.05, 0) is 50.3 Å². The second-order valence-electron chi connectivity index (χ2n) is 10.0. The molecule has 2 saturated heterocycles. The maximum Gasteiger partial charge on any atom is 0.323 e. The number of carbonyl (C=O) groups is 2. The van der Waals surface area contributed by atoms with Crippen LogP contribution in [0.3, 0.4) is 0 Å². The van der Waals surface area contributed by atoms with E-state index >= 15 is 0 Å². The van der Waals surface area contributed by atoms with Crippen LogP contribution >= 0.6 is 0 Å². The lowest BCUT2D eigenvalue weighted by molar-refractivity contribution is -0.130. The predicted molar refractivity (Wildman–Crippen MR) is 132 cm³/mol. The van der Waals surface area contributed by atoms with Crippen LogP contribution in [-0.2, 0) is 11.3 Å². The highest BCUT2D eigenvalue weighted by molar-refractivity contribution is 6.00. The highest BCUT2D eigenvalue weighted by Gasteiger charge is 2.39. The Hall–Kier alpha value is -3.13. The average Bonchev–Trinajstić information content (AvgIpc) is 2.82. The monoisotopic (exact) mass is 463 g/mol. The van der Waals surface area contributed by atoms with Crippen LogP contribution in [0, 0.1) is 12.8 Å². The van der Waals surface area contributed by atoms with E-state index in [9.17, 15) is 14.4 Å². The van der Waals surface area contributed by atoms with E-state index < -0.39 is 0 Å². The number of rotatable bonds is 3. The first-order chi connectivity index (χ1) is 16.4. The summed E-state index contributed by atoms with van der Waals surface area (Å²) in [5.74, 6) is 0.773. The SMILES string of the molecule is CC(=O)N1CCC(N2CC3CC(C2)c2c(NC(=O)Nc4ccc(C)cc4)ccc(=O)n2C3)CC1. The van der Waals surface area contributed by atoms with E-state index in [1.165, 1.54) is 0 Å². The molecule has 2 aromatic rings. The van der Waals surface area contributed by atoms with Crippen molar-refractivity contribution in [2.45, 2.75) is 51.6 Å². The largest absolute Gasteiger partial charge is 0.343 e. The maximum atomic E-state index is 12.8. The zero-order valence-electron chi connectivity index (χ0n) is 19.9. The summed E-state index contributed by atoms with van der Waals surface area (Å²) in [5.41, 5.74) is 3.50. The average molecular weight is 464 g/mol. The molecule has 2 atom stereocenters. The first-order valence-corrected chi connectivity index (χ1v) is 12.3. The van der Waals surface area contributed by atoms with E-state index in [-0.39, 0.29) is 23.4 Å². The summed E-state index contributed by atoms with van der Waals surface area (Å²) in [5, 5.41) is 5.89. The van der Waals surface area contributed by atoms with Gasteiger partial charge >= 0.3 is 6.03 Å². The summed E-state index contributed by atoms with van der Waals surface area (Å²) in [6.45, 7) is 7.82. The van der Waals surface area contributed by atoms with Crippen molar-refractivity contribution in [2.75, 3.05) is 36.8 Å². The van der Waals surface area contributed by atoms with E-state index in [0.717, 1.165) is 62.4 Å². The Labute approximate surface area is 199 Å². The van der Waals surface area contributed by atoms with Crippen LogP contribution in [0.15, 0.2) is 41.2 Å². The van der Waals surface area contributed by atoms with Gasteiger partial charge < -0.3 is 20.1 Å². The minimum Gasteiger partial charge on any atom is -0.343 e. The van der Waals surface area contributed by atoms with E-state index in [4.69, 9.17) is 0 Å². The zero-order chi connectivity index (χ0) is 23.8. The second kappa shape index (κ2) is 9.25. The summed E-state index contributed by atoms with van der Waals surface area (Å²) in [6.07, 6.45) is 3.01. The molecular weight excluding hydrogens is 430 g/mol. The Bertz CT molecular complexity index is 1130. The Balaban J connectivity index is 1.33. The van der Waals surface area contributed by atoms with Gasteiger partial charge in [0.2, 0.25) is 5.91 Å². The van der Waals surface area contributed by atoms with Crippen molar-refractivity contribution < 1.29 is 9.59 Å². The predicted octanol–water partition coefficient (Wildman–Crippen LogP) is 3.23. The number of hydrogen-bond acceptors (Lipinski definition) is 4. The topological polar surface area (TPSA) is 86.7 Å². The lowest BCUT2D eigenvalue weighted by Gasteiger charge is -2.47. The van der Waals surface area contributed by atoms with Crippen molar-refractivity contribution in [3.8, 4) is 0 Å². The van der Waals surface area contributed by atoms with Crippen LogP contribution in [-0.4, -0.2) is 58.5 Å². The second-order valence-corrected chi connectivity index (χ2v) is 10.0. The number of aromatic nitrogens is 1. The van der Waals surface area contributed by atoms with Crippen molar-refractivity contribution >= 4 is 23.3 Å². The molecule has 0 aliphatic carbocycles. The molecule has 2 bridgehead atoms. The molecule has 0 radical (unpaired) electrons. The number of likely N-dealkylation sites (tertiary alicyclic amines) is 2. The number of fused-ring (bicyclic) bond motifs is 4. The molecule has 1 aromatic carbocycles. The quantitative estimate of drug-likeness (QED) is 0.732. The third-order valence-electron chi connectivity index (χ3n) is 7.60. The number of nitrogens with one attached hydrogen (secondary N) is 2. The molecule has 3 aliphatic heterocycles. The Kier molecular flexibility index (Phi) is 6.16. The fourth-order valence-electron chi connectivity index (χ4n) is 5.92. The summed E-state index contributed by atoms with van der Waals surface area (Å²) in [4.78, 5) is 41.7. The standard InChI is InChI=1S/C26H33N5O3/c1-17-3-5-21(6-4-17)27-26(34)28-23-7-8-24(33)31-15-19-13-20(25(23)31)16-30(14-19)22-9-11-29(12-10-22)18(2)32/h3-8,19-20,22H,9-16H2,1-2H3,(H2,27,28,34). The van der Waals surface area contributed by atoms with Gasteiger partial charge in [-0.3, -0.25) is 14.5 Å². The number of urea groups is 1.